The standard InChI is InChI=1S/C25H31N3O5S/c1-19-4-7-21(8-5-19)34(30,31)27-13-11-26(12-14-27)18-25(29)28-10-2-3-22(28)20-6-9-23-24(17-20)33-16-15-32-23/h4-9,17,22H,2-3,10-16,18H2,1H3. The molecule has 0 spiro atoms. The topological polar surface area (TPSA) is 79.4 Å². The number of nitrogens with zero attached hydrogens (tertiary/aromatic N) is 3. The lowest BCUT2D eigenvalue weighted by Gasteiger charge is -2.35. The second-order valence-corrected chi connectivity index (χ2v) is 11.1. The molecule has 1 amide bonds. The molecule has 0 bridgehead atoms. The van der Waals surface area contributed by atoms with Gasteiger partial charge in [0.25, 0.3) is 0 Å². The molecule has 5 rings (SSSR count). The minimum atomic E-state index is -3.51. The largest absolute Gasteiger partial charge is 0.486 e. The first-order valence-electron chi connectivity index (χ1n) is 11.9. The SMILES string of the molecule is Cc1ccc(S(=O)(=O)N2CCN(CC(=O)N3CCCC3c3ccc4c(c3)OCCO4)CC2)cc1. The highest BCUT2D eigenvalue weighted by Gasteiger charge is 2.33. The van der Waals surface area contributed by atoms with Gasteiger partial charge in [0, 0.05) is 32.7 Å². The molecule has 0 aromatic heterocycles. The third-order valence-electron chi connectivity index (χ3n) is 6.87. The van der Waals surface area contributed by atoms with E-state index >= 15 is 0 Å². The van der Waals surface area contributed by atoms with Gasteiger partial charge in [-0.05, 0) is 49.6 Å². The van der Waals surface area contributed by atoms with Crippen LogP contribution in [-0.4, -0.2) is 80.9 Å². The van der Waals surface area contributed by atoms with Crippen LogP contribution in [0.2, 0.25) is 0 Å². The molecule has 2 saturated heterocycles. The molecule has 182 valence electrons. The molecular formula is C25H31N3O5S. The Balaban J connectivity index is 1.19. The molecule has 2 aromatic rings. The van der Waals surface area contributed by atoms with E-state index in [1.165, 1.54) is 4.31 Å². The van der Waals surface area contributed by atoms with E-state index in [1.807, 2.05) is 42.2 Å². The van der Waals surface area contributed by atoms with Crippen molar-refractivity contribution in [3.05, 3.63) is 53.6 Å². The Bertz CT molecular complexity index is 1140. The Labute approximate surface area is 201 Å². The van der Waals surface area contributed by atoms with E-state index in [4.69, 9.17) is 9.47 Å². The van der Waals surface area contributed by atoms with Crippen LogP contribution in [0.3, 0.4) is 0 Å². The first kappa shape index (κ1) is 23.1. The van der Waals surface area contributed by atoms with E-state index in [1.54, 1.807) is 12.1 Å². The average molecular weight is 486 g/mol. The maximum Gasteiger partial charge on any atom is 0.243 e. The number of ether oxygens (including phenoxy) is 2. The van der Waals surface area contributed by atoms with Crippen molar-refractivity contribution in [3.8, 4) is 11.5 Å². The molecule has 0 saturated carbocycles. The number of fused-ring (bicyclic) bond motifs is 1. The number of carbonyl (C=O) groups is 1. The summed E-state index contributed by atoms with van der Waals surface area (Å²) in [6, 6.07) is 12.9. The molecule has 1 unspecified atom stereocenters. The van der Waals surface area contributed by atoms with E-state index in [0.717, 1.165) is 42.0 Å². The molecule has 0 radical (unpaired) electrons. The number of hydrogen-bond acceptors (Lipinski definition) is 6. The minimum Gasteiger partial charge on any atom is -0.486 e. The molecule has 1 atom stereocenters. The minimum absolute atomic E-state index is 0.0338. The summed E-state index contributed by atoms with van der Waals surface area (Å²) in [5.41, 5.74) is 2.10. The van der Waals surface area contributed by atoms with Gasteiger partial charge < -0.3 is 14.4 Å². The molecule has 3 heterocycles. The van der Waals surface area contributed by atoms with Gasteiger partial charge in [-0.3, -0.25) is 9.69 Å². The number of carbonyl (C=O) groups excluding carboxylic acids is 1. The van der Waals surface area contributed by atoms with Gasteiger partial charge in [0.05, 0.1) is 17.5 Å². The van der Waals surface area contributed by atoms with Crippen LogP contribution in [-0.2, 0) is 14.8 Å². The number of likely N-dealkylation sites (tertiary alicyclic amines) is 1. The average Bonchev–Trinajstić information content (AvgIpc) is 3.35. The summed E-state index contributed by atoms with van der Waals surface area (Å²) in [6.07, 6.45) is 1.89. The zero-order valence-corrected chi connectivity index (χ0v) is 20.3. The Hall–Kier alpha value is -2.62. The molecule has 3 aliphatic heterocycles. The van der Waals surface area contributed by atoms with Crippen LogP contribution >= 0.6 is 0 Å². The maximum atomic E-state index is 13.2. The first-order valence-corrected chi connectivity index (χ1v) is 13.3. The fourth-order valence-electron chi connectivity index (χ4n) is 4.95. The lowest BCUT2D eigenvalue weighted by molar-refractivity contribution is -0.133. The second kappa shape index (κ2) is 9.56. The highest BCUT2D eigenvalue weighted by atomic mass is 32.2. The Morgan fingerprint density at radius 1 is 0.941 bits per heavy atom. The zero-order valence-electron chi connectivity index (χ0n) is 19.5. The van der Waals surface area contributed by atoms with Crippen molar-refractivity contribution in [1.29, 1.82) is 0 Å². The summed E-state index contributed by atoms with van der Waals surface area (Å²) in [6.45, 7) is 5.92. The van der Waals surface area contributed by atoms with Crippen LogP contribution in [0.4, 0.5) is 0 Å². The monoisotopic (exact) mass is 485 g/mol. The lowest BCUT2D eigenvalue weighted by atomic mass is 10.0. The van der Waals surface area contributed by atoms with Gasteiger partial charge in [-0.15, -0.1) is 0 Å². The number of sulfonamides is 1. The fourth-order valence-corrected chi connectivity index (χ4v) is 6.37. The number of aryl methyl sites for hydroxylation is 1. The van der Waals surface area contributed by atoms with Crippen molar-refractivity contribution in [1.82, 2.24) is 14.1 Å². The zero-order chi connectivity index (χ0) is 23.7. The van der Waals surface area contributed by atoms with Crippen LogP contribution in [0.5, 0.6) is 11.5 Å². The van der Waals surface area contributed by atoms with Gasteiger partial charge in [0.1, 0.15) is 13.2 Å². The van der Waals surface area contributed by atoms with Crippen LogP contribution < -0.4 is 9.47 Å². The molecule has 0 N–H and O–H groups in total. The molecule has 34 heavy (non-hydrogen) atoms. The summed E-state index contributed by atoms with van der Waals surface area (Å²) in [4.78, 5) is 17.6. The number of rotatable bonds is 5. The van der Waals surface area contributed by atoms with Crippen LogP contribution in [0, 0.1) is 6.92 Å². The molecule has 0 aliphatic carbocycles. The fraction of sp³-hybridized carbons (Fsp3) is 0.480. The van der Waals surface area contributed by atoms with Crippen LogP contribution in [0.1, 0.15) is 30.0 Å². The van der Waals surface area contributed by atoms with Crippen molar-refractivity contribution in [2.24, 2.45) is 0 Å². The van der Waals surface area contributed by atoms with E-state index in [9.17, 15) is 13.2 Å². The lowest BCUT2D eigenvalue weighted by Crippen LogP contribution is -2.51. The van der Waals surface area contributed by atoms with Gasteiger partial charge >= 0.3 is 0 Å². The molecule has 2 aromatic carbocycles. The third-order valence-corrected chi connectivity index (χ3v) is 8.79. The number of hydrogen-bond donors (Lipinski definition) is 0. The Kier molecular flexibility index (Phi) is 6.50. The van der Waals surface area contributed by atoms with E-state index in [-0.39, 0.29) is 11.9 Å². The van der Waals surface area contributed by atoms with Gasteiger partial charge in [-0.2, -0.15) is 4.31 Å². The predicted molar refractivity (Wildman–Crippen MR) is 127 cm³/mol. The van der Waals surface area contributed by atoms with Crippen LogP contribution in [0.15, 0.2) is 47.4 Å². The molecule has 8 nitrogen and oxygen atoms in total. The van der Waals surface area contributed by atoms with Gasteiger partial charge in [0.2, 0.25) is 15.9 Å². The number of piperazine rings is 1. The summed E-state index contributed by atoms with van der Waals surface area (Å²) in [5, 5.41) is 0. The van der Waals surface area contributed by atoms with Gasteiger partial charge in [-0.1, -0.05) is 23.8 Å². The third kappa shape index (κ3) is 4.64. The normalized spacial score (nSPS) is 21.6. The number of amides is 1. The maximum absolute atomic E-state index is 13.2. The summed E-state index contributed by atoms with van der Waals surface area (Å²) >= 11 is 0. The highest BCUT2D eigenvalue weighted by molar-refractivity contribution is 7.89. The number of benzene rings is 2. The van der Waals surface area contributed by atoms with E-state index in [2.05, 4.69) is 4.90 Å². The van der Waals surface area contributed by atoms with Gasteiger partial charge in [0.15, 0.2) is 11.5 Å². The summed E-state index contributed by atoms with van der Waals surface area (Å²) in [5.74, 6) is 1.59. The summed E-state index contributed by atoms with van der Waals surface area (Å²) in [7, 11) is -3.51. The van der Waals surface area contributed by atoms with Crippen molar-refractivity contribution < 1.29 is 22.7 Å². The first-order chi connectivity index (χ1) is 16.4. The van der Waals surface area contributed by atoms with Crippen molar-refractivity contribution in [2.75, 3.05) is 52.5 Å². The highest BCUT2D eigenvalue weighted by Crippen LogP contribution is 2.38. The Morgan fingerprint density at radius 2 is 1.65 bits per heavy atom. The smallest absolute Gasteiger partial charge is 0.243 e. The molecule has 9 heteroatoms. The summed E-state index contributed by atoms with van der Waals surface area (Å²) < 4.78 is 38.8. The predicted octanol–water partition coefficient (Wildman–Crippen LogP) is 2.44. The second-order valence-electron chi connectivity index (χ2n) is 9.14. The van der Waals surface area contributed by atoms with Gasteiger partial charge in [-0.25, -0.2) is 8.42 Å². The van der Waals surface area contributed by atoms with Crippen LogP contribution in [0.25, 0.3) is 0 Å². The quantitative estimate of drug-likeness (QED) is 0.647. The molecule has 2 fully saturated rings. The van der Waals surface area contributed by atoms with E-state index in [0.29, 0.717) is 50.8 Å². The van der Waals surface area contributed by atoms with Crippen molar-refractivity contribution in [2.45, 2.75) is 30.7 Å². The molecular weight excluding hydrogens is 454 g/mol. The van der Waals surface area contributed by atoms with Crippen molar-refractivity contribution >= 4 is 15.9 Å². The van der Waals surface area contributed by atoms with Crippen molar-refractivity contribution in [3.63, 3.8) is 0 Å². The Morgan fingerprint density at radius 3 is 2.38 bits per heavy atom. The molecule has 3 aliphatic rings. The van der Waals surface area contributed by atoms with E-state index < -0.39 is 10.0 Å².